The van der Waals surface area contributed by atoms with E-state index in [0.29, 0.717) is 25.3 Å². The quantitative estimate of drug-likeness (QED) is 0.881. The van der Waals surface area contributed by atoms with E-state index < -0.39 is 0 Å². The topological polar surface area (TPSA) is 65.4 Å². The Labute approximate surface area is 116 Å². The Hall–Kier alpha value is -2.50. The Balaban J connectivity index is 1.49. The Kier molecular flexibility index (Phi) is 3.54. The van der Waals surface area contributed by atoms with Gasteiger partial charge in [-0.25, -0.2) is 4.98 Å². The van der Waals surface area contributed by atoms with Gasteiger partial charge in [0.05, 0.1) is 12.7 Å². The molecule has 0 atom stereocenters. The van der Waals surface area contributed by atoms with Crippen LogP contribution in [-0.4, -0.2) is 28.8 Å². The lowest BCUT2D eigenvalue weighted by Gasteiger charge is -2.06. The second-order valence-corrected chi connectivity index (χ2v) is 4.51. The molecule has 1 aliphatic heterocycles. The molecule has 6 heteroatoms. The SMILES string of the molecule is O=C(Cc1ccc2c(c1)OCO2)NCCn1ccnc1. The predicted molar refractivity (Wildman–Crippen MR) is 71.5 cm³/mol. The number of hydrogen-bond acceptors (Lipinski definition) is 4. The van der Waals surface area contributed by atoms with Gasteiger partial charge in [0.1, 0.15) is 0 Å². The Morgan fingerprint density at radius 2 is 2.25 bits per heavy atom. The van der Waals surface area contributed by atoms with Crippen molar-refractivity contribution < 1.29 is 14.3 Å². The number of nitrogens with zero attached hydrogens (tertiary/aromatic N) is 2. The zero-order valence-corrected chi connectivity index (χ0v) is 10.9. The molecule has 0 aliphatic carbocycles. The van der Waals surface area contributed by atoms with Crippen molar-refractivity contribution >= 4 is 5.91 Å². The Bertz CT molecular complexity index is 596. The van der Waals surface area contributed by atoms with Crippen LogP contribution < -0.4 is 14.8 Å². The highest BCUT2D eigenvalue weighted by Crippen LogP contribution is 2.32. The minimum Gasteiger partial charge on any atom is -0.454 e. The highest BCUT2D eigenvalue weighted by atomic mass is 16.7. The fourth-order valence-electron chi connectivity index (χ4n) is 2.04. The van der Waals surface area contributed by atoms with E-state index in [1.165, 1.54) is 0 Å². The molecule has 0 saturated heterocycles. The average molecular weight is 273 g/mol. The van der Waals surface area contributed by atoms with Crippen molar-refractivity contribution in [2.24, 2.45) is 0 Å². The van der Waals surface area contributed by atoms with Gasteiger partial charge in [0, 0.05) is 25.5 Å². The van der Waals surface area contributed by atoms with Crippen molar-refractivity contribution in [1.82, 2.24) is 14.9 Å². The molecule has 0 fully saturated rings. The number of aromatic nitrogens is 2. The van der Waals surface area contributed by atoms with E-state index in [-0.39, 0.29) is 12.7 Å². The van der Waals surface area contributed by atoms with Gasteiger partial charge in [-0.2, -0.15) is 0 Å². The molecule has 2 aromatic rings. The minimum absolute atomic E-state index is 0.0102. The van der Waals surface area contributed by atoms with Gasteiger partial charge >= 0.3 is 0 Å². The third-order valence-corrected chi connectivity index (χ3v) is 3.05. The van der Waals surface area contributed by atoms with Gasteiger partial charge in [-0.05, 0) is 17.7 Å². The first kappa shape index (κ1) is 12.5. The van der Waals surface area contributed by atoms with Gasteiger partial charge in [-0.3, -0.25) is 4.79 Å². The van der Waals surface area contributed by atoms with E-state index in [2.05, 4.69) is 10.3 Å². The molecule has 0 unspecified atom stereocenters. The molecule has 0 radical (unpaired) electrons. The summed E-state index contributed by atoms with van der Waals surface area (Å²) >= 11 is 0. The normalized spacial score (nSPS) is 12.4. The highest BCUT2D eigenvalue weighted by Gasteiger charge is 2.14. The fraction of sp³-hybridized carbons (Fsp3) is 0.286. The maximum absolute atomic E-state index is 11.8. The third kappa shape index (κ3) is 2.90. The largest absolute Gasteiger partial charge is 0.454 e. The van der Waals surface area contributed by atoms with Crippen molar-refractivity contribution in [3.8, 4) is 11.5 Å². The second kappa shape index (κ2) is 5.64. The lowest BCUT2D eigenvalue weighted by atomic mass is 10.1. The lowest BCUT2D eigenvalue weighted by molar-refractivity contribution is -0.120. The second-order valence-electron chi connectivity index (χ2n) is 4.51. The minimum atomic E-state index is -0.0102. The van der Waals surface area contributed by atoms with Crippen molar-refractivity contribution in [2.45, 2.75) is 13.0 Å². The summed E-state index contributed by atoms with van der Waals surface area (Å²) in [5.74, 6) is 1.42. The zero-order valence-electron chi connectivity index (χ0n) is 10.9. The first-order chi connectivity index (χ1) is 9.81. The molecule has 104 valence electrons. The van der Waals surface area contributed by atoms with E-state index in [0.717, 1.165) is 11.3 Å². The van der Waals surface area contributed by atoms with Gasteiger partial charge in [0.15, 0.2) is 11.5 Å². The van der Waals surface area contributed by atoms with Gasteiger partial charge < -0.3 is 19.4 Å². The fourth-order valence-corrected chi connectivity index (χ4v) is 2.04. The molecular formula is C14H15N3O3. The maximum Gasteiger partial charge on any atom is 0.231 e. The van der Waals surface area contributed by atoms with Crippen LogP contribution in [0.5, 0.6) is 11.5 Å². The third-order valence-electron chi connectivity index (χ3n) is 3.05. The van der Waals surface area contributed by atoms with Crippen LogP contribution in [-0.2, 0) is 17.8 Å². The van der Waals surface area contributed by atoms with Crippen LogP contribution in [0.25, 0.3) is 0 Å². The molecule has 1 aromatic heterocycles. The van der Waals surface area contributed by atoms with E-state index in [4.69, 9.17) is 9.47 Å². The number of fused-ring (bicyclic) bond motifs is 1. The molecule has 3 rings (SSSR count). The number of imidazole rings is 1. The van der Waals surface area contributed by atoms with Gasteiger partial charge in [0.25, 0.3) is 0 Å². The van der Waals surface area contributed by atoms with Crippen molar-refractivity contribution in [3.63, 3.8) is 0 Å². The summed E-state index contributed by atoms with van der Waals surface area (Å²) in [5, 5.41) is 2.88. The molecule has 1 amide bonds. The Morgan fingerprint density at radius 1 is 1.35 bits per heavy atom. The van der Waals surface area contributed by atoms with Gasteiger partial charge in [-0.15, -0.1) is 0 Å². The Morgan fingerprint density at radius 3 is 3.10 bits per heavy atom. The van der Waals surface area contributed by atoms with Gasteiger partial charge in [0.2, 0.25) is 12.7 Å². The summed E-state index contributed by atoms with van der Waals surface area (Å²) in [7, 11) is 0. The number of nitrogens with one attached hydrogen (secondary N) is 1. The molecule has 6 nitrogen and oxygen atoms in total. The standard InChI is InChI=1S/C14H15N3O3/c18-14(16-4-6-17-5-3-15-9-17)8-11-1-2-12-13(7-11)20-10-19-12/h1-3,5,7,9H,4,6,8,10H2,(H,16,18). The number of hydrogen-bond donors (Lipinski definition) is 1. The van der Waals surface area contributed by atoms with Crippen LogP contribution in [0.1, 0.15) is 5.56 Å². The van der Waals surface area contributed by atoms with E-state index >= 15 is 0 Å². The van der Waals surface area contributed by atoms with Crippen LogP contribution in [0.3, 0.4) is 0 Å². The van der Waals surface area contributed by atoms with Crippen LogP contribution in [0, 0.1) is 0 Å². The van der Waals surface area contributed by atoms with E-state index in [1.54, 1.807) is 12.5 Å². The monoisotopic (exact) mass is 273 g/mol. The average Bonchev–Trinajstić information content (AvgIpc) is 3.08. The molecule has 0 spiro atoms. The summed E-state index contributed by atoms with van der Waals surface area (Å²) in [5.41, 5.74) is 0.911. The van der Waals surface area contributed by atoms with Crippen molar-refractivity contribution in [2.75, 3.05) is 13.3 Å². The number of rotatable bonds is 5. The summed E-state index contributed by atoms with van der Waals surface area (Å²) < 4.78 is 12.4. The summed E-state index contributed by atoms with van der Waals surface area (Å²) in [6.45, 7) is 1.54. The maximum atomic E-state index is 11.8. The molecule has 1 N–H and O–H groups in total. The molecule has 20 heavy (non-hydrogen) atoms. The van der Waals surface area contributed by atoms with Crippen molar-refractivity contribution in [3.05, 3.63) is 42.5 Å². The smallest absolute Gasteiger partial charge is 0.231 e. The molecule has 0 bridgehead atoms. The lowest BCUT2D eigenvalue weighted by Crippen LogP contribution is -2.28. The first-order valence-corrected chi connectivity index (χ1v) is 6.42. The van der Waals surface area contributed by atoms with E-state index in [9.17, 15) is 4.79 Å². The number of amides is 1. The first-order valence-electron chi connectivity index (χ1n) is 6.42. The molecule has 0 saturated carbocycles. The molecular weight excluding hydrogens is 258 g/mol. The number of benzene rings is 1. The van der Waals surface area contributed by atoms with Crippen LogP contribution in [0.2, 0.25) is 0 Å². The zero-order chi connectivity index (χ0) is 13.8. The number of carbonyl (C=O) groups is 1. The predicted octanol–water partition coefficient (Wildman–Crippen LogP) is 0.971. The van der Waals surface area contributed by atoms with E-state index in [1.807, 2.05) is 29.0 Å². The molecule has 1 aliphatic rings. The van der Waals surface area contributed by atoms with Crippen molar-refractivity contribution in [1.29, 1.82) is 0 Å². The highest BCUT2D eigenvalue weighted by molar-refractivity contribution is 5.78. The van der Waals surface area contributed by atoms with Crippen LogP contribution in [0.4, 0.5) is 0 Å². The number of ether oxygens (including phenoxy) is 2. The summed E-state index contributed by atoms with van der Waals surface area (Å²) in [6, 6.07) is 5.55. The van der Waals surface area contributed by atoms with Crippen LogP contribution in [0.15, 0.2) is 36.9 Å². The number of carbonyl (C=O) groups excluding carboxylic acids is 1. The molecule has 2 heterocycles. The summed E-state index contributed by atoms with van der Waals surface area (Å²) in [6.07, 6.45) is 5.64. The van der Waals surface area contributed by atoms with Crippen LogP contribution >= 0.6 is 0 Å². The van der Waals surface area contributed by atoms with Gasteiger partial charge in [-0.1, -0.05) is 6.07 Å². The summed E-state index contributed by atoms with van der Waals surface area (Å²) in [4.78, 5) is 15.8. The molecule has 1 aromatic carbocycles.